The van der Waals surface area contributed by atoms with Gasteiger partial charge in [-0.2, -0.15) is 4.31 Å². The van der Waals surface area contributed by atoms with Crippen molar-refractivity contribution in [3.05, 3.63) is 23.2 Å². The Morgan fingerprint density at radius 3 is 2.40 bits per heavy atom. The van der Waals surface area contributed by atoms with Crippen molar-refractivity contribution in [3.8, 4) is 5.75 Å². The van der Waals surface area contributed by atoms with E-state index in [4.69, 9.17) is 21.1 Å². The van der Waals surface area contributed by atoms with Gasteiger partial charge in [-0.05, 0) is 32.0 Å². The van der Waals surface area contributed by atoms with Crippen molar-refractivity contribution in [2.24, 2.45) is 0 Å². The molecule has 1 fully saturated rings. The first kappa shape index (κ1) is 15.6. The maximum absolute atomic E-state index is 12.6. The van der Waals surface area contributed by atoms with E-state index in [1.807, 2.05) is 13.8 Å². The molecular formula is C13H18ClNO4S. The number of nitrogens with zero attached hydrogens (tertiary/aromatic N) is 1. The Kier molecular flexibility index (Phi) is 4.59. The quantitative estimate of drug-likeness (QED) is 0.856. The zero-order valence-electron chi connectivity index (χ0n) is 11.7. The maximum Gasteiger partial charge on any atom is 0.243 e. The van der Waals surface area contributed by atoms with Gasteiger partial charge in [0.25, 0.3) is 0 Å². The molecule has 2 atom stereocenters. The fourth-order valence-corrected chi connectivity index (χ4v) is 4.22. The Bertz CT molecular complexity index is 580. The van der Waals surface area contributed by atoms with Crippen LogP contribution in [0.5, 0.6) is 5.75 Å². The summed E-state index contributed by atoms with van der Waals surface area (Å²) >= 11 is 6.00. The van der Waals surface area contributed by atoms with Crippen molar-refractivity contribution in [2.45, 2.75) is 31.0 Å². The van der Waals surface area contributed by atoms with Crippen molar-refractivity contribution in [1.82, 2.24) is 4.31 Å². The van der Waals surface area contributed by atoms with Crippen molar-refractivity contribution in [2.75, 3.05) is 20.2 Å². The predicted molar refractivity (Wildman–Crippen MR) is 76.8 cm³/mol. The average Bonchev–Trinajstić information content (AvgIpc) is 2.37. The van der Waals surface area contributed by atoms with Crippen LogP contribution in [-0.2, 0) is 14.8 Å². The van der Waals surface area contributed by atoms with E-state index in [9.17, 15) is 8.42 Å². The lowest BCUT2D eigenvalue weighted by molar-refractivity contribution is -0.0440. The van der Waals surface area contributed by atoms with E-state index in [1.54, 1.807) is 6.07 Å². The molecule has 0 saturated carbocycles. The molecule has 0 aliphatic carbocycles. The third kappa shape index (κ3) is 3.09. The van der Waals surface area contributed by atoms with Crippen LogP contribution in [-0.4, -0.2) is 45.1 Å². The number of morpholine rings is 1. The lowest BCUT2D eigenvalue weighted by Crippen LogP contribution is -2.48. The molecule has 2 unspecified atom stereocenters. The minimum absolute atomic E-state index is 0.123. The standard InChI is InChI=1S/C13H18ClNO4S/c1-9-7-15(8-10(2)19-9)20(16,17)11-4-5-13(18-3)12(14)6-11/h4-6,9-10H,7-8H2,1-3H3. The summed E-state index contributed by atoms with van der Waals surface area (Å²) in [7, 11) is -2.08. The highest BCUT2D eigenvalue weighted by Gasteiger charge is 2.32. The van der Waals surface area contributed by atoms with Gasteiger partial charge in [-0.15, -0.1) is 0 Å². The summed E-state index contributed by atoms with van der Waals surface area (Å²) in [6.45, 7) is 4.41. The Morgan fingerprint density at radius 1 is 1.30 bits per heavy atom. The lowest BCUT2D eigenvalue weighted by atomic mass is 10.3. The monoisotopic (exact) mass is 319 g/mol. The Hall–Kier alpha value is -0.820. The molecule has 1 aromatic rings. The van der Waals surface area contributed by atoms with Crippen LogP contribution in [0.4, 0.5) is 0 Å². The van der Waals surface area contributed by atoms with Gasteiger partial charge < -0.3 is 9.47 Å². The highest BCUT2D eigenvalue weighted by Crippen LogP contribution is 2.29. The number of rotatable bonds is 3. The van der Waals surface area contributed by atoms with E-state index in [-0.39, 0.29) is 22.1 Å². The maximum atomic E-state index is 12.6. The van der Waals surface area contributed by atoms with Crippen LogP contribution in [0.3, 0.4) is 0 Å². The summed E-state index contributed by atoms with van der Waals surface area (Å²) in [5, 5.41) is 0.280. The SMILES string of the molecule is COc1ccc(S(=O)(=O)N2CC(C)OC(C)C2)cc1Cl. The van der Waals surface area contributed by atoms with Gasteiger partial charge in [0.1, 0.15) is 5.75 Å². The van der Waals surface area contributed by atoms with Gasteiger partial charge in [-0.1, -0.05) is 11.6 Å². The Labute approximate surface area is 124 Å². The van der Waals surface area contributed by atoms with Crippen LogP contribution in [0.1, 0.15) is 13.8 Å². The molecule has 0 aromatic heterocycles. The van der Waals surface area contributed by atoms with Crippen molar-refractivity contribution in [1.29, 1.82) is 0 Å². The fraction of sp³-hybridized carbons (Fsp3) is 0.538. The second-order valence-electron chi connectivity index (χ2n) is 4.88. The molecule has 5 nitrogen and oxygen atoms in total. The molecule has 0 bridgehead atoms. The summed E-state index contributed by atoms with van der Waals surface area (Å²) in [6.07, 6.45) is -0.246. The highest BCUT2D eigenvalue weighted by molar-refractivity contribution is 7.89. The first-order valence-corrected chi connectivity index (χ1v) is 8.15. The van der Waals surface area contributed by atoms with Crippen LogP contribution >= 0.6 is 11.6 Å². The van der Waals surface area contributed by atoms with E-state index < -0.39 is 10.0 Å². The molecular weight excluding hydrogens is 302 g/mol. The largest absolute Gasteiger partial charge is 0.495 e. The molecule has 1 aromatic carbocycles. The van der Waals surface area contributed by atoms with Crippen molar-refractivity contribution >= 4 is 21.6 Å². The zero-order valence-corrected chi connectivity index (χ0v) is 13.2. The predicted octanol–water partition coefficient (Wildman–Crippen LogP) is 2.15. The Morgan fingerprint density at radius 2 is 1.90 bits per heavy atom. The molecule has 20 heavy (non-hydrogen) atoms. The first-order chi connectivity index (χ1) is 9.34. The molecule has 0 spiro atoms. The van der Waals surface area contributed by atoms with Crippen molar-refractivity contribution < 1.29 is 17.9 Å². The first-order valence-electron chi connectivity index (χ1n) is 6.33. The summed E-state index contributed by atoms with van der Waals surface area (Å²) in [6, 6.07) is 4.48. The van der Waals surface area contributed by atoms with Gasteiger partial charge in [-0.3, -0.25) is 0 Å². The van der Waals surface area contributed by atoms with E-state index in [0.717, 1.165) is 0 Å². The molecule has 1 aliphatic rings. The third-order valence-electron chi connectivity index (χ3n) is 3.15. The normalized spacial score (nSPS) is 24.6. The number of hydrogen-bond donors (Lipinski definition) is 0. The third-order valence-corrected chi connectivity index (χ3v) is 5.27. The second kappa shape index (κ2) is 5.89. The minimum Gasteiger partial charge on any atom is -0.495 e. The number of methoxy groups -OCH3 is 1. The van der Waals surface area contributed by atoms with E-state index >= 15 is 0 Å². The molecule has 1 heterocycles. The van der Waals surface area contributed by atoms with Gasteiger partial charge >= 0.3 is 0 Å². The summed E-state index contributed by atoms with van der Waals surface area (Å²) in [5.74, 6) is 0.453. The molecule has 1 aliphatic heterocycles. The van der Waals surface area contributed by atoms with Gasteiger partial charge in [-0.25, -0.2) is 8.42 Å². The molecule has 0 amide bonds. The van der Waals surface area contributed by atoms with Crippen LogP contribution < -0.4 is 4.74 Å². The van der Waals surface area contributed by atoms with Gasteiger partial charge in [0.2, 0.25) is 10.0 Å². The van der Waals surface area contributed by atoms with Crippen LogP contribution in [0.15, 0.2) is 23.1 Å². The van der Waals surface area contributed by atoms with Crippen LogP contribution in [0, 0.1) is 0 Å². The van der Waals surface area contributed by atoms with Crippen LogP contribution in [0.25, 0.3) is 0 Å². The lowest BCUT2D eigenvalue weighted by Gasteiger charge is -2.34. The molecule has 1 saturated heterocycles. The minimum atomic E-state index is -3.56. The molecule has 0 N–H and O–H groups in total. The summed E-state index contributed by atoms with van der Waals surface area (Å²) in [5.41, 5.74) is 0. The summed E-state index contributed by atoms with van der Waals surface area (Å²) < 4.78 is 37.2. The zero-order chi connectivity index (χ0) is 14.9. The van der Waals surface area contributed by atoms with Gasteiger partial charge in [0.15, 0.2) is 0 Å². The number of benzene rings is 1. The number of hydrogen-bond acceptors (Lipinski definition) is 4. The Balaban J connectivity index is 2.32. The average molecular weight is 320 g/mol. The van der Waals surface area contributed by atoms with E-state index in [0.29, 0.717) is 18.8 Å². The number of halogens is 1. The second-order valence-corrected chi connectivity index (χ2v) is 7.22. The number of sulfonamides is 1. The smallest absolute Gasteiger partial charge is 0.243 e. The van der Waals surface area contributed by atoms with E-state index in [2.05, 4.69) is 0 Å². The molecule has 0 radical (unpaired) electrons. The molecule has 112 valence electrons. The van der Waals surface area contributed by atoms with Gasteiger partial charge in [0.05, 0.1) is 29.2 Å². The summed E-state index contributed by atoms with van der Waals surface area (Å²) in [4.78, 5) is 0.171. The molecule has 7 heteroatoms. The van der Waals surface area contributed by atoms with E-state index in [1.165, 1.54) is 23.5 Å². The topological polar surface area (TPSA) is 55.8 Å². The van der Waals surface area contributed by atoms with Gasteiger partial charge in [0, 0.05) is 13.1 Å². The highest BCUT2D eigenvalue weighted by atomic mass is 35.5. The van der Waals surface area contributed by atoms with Crippen molar-refractivity contribution in [3.63, 3.8) is 0 Å². The van der Waals surface area contributed by atoms with Crippen LogP contribution in [0.2, 0.25) is 5.02 Å². The number of ether oxygens (including phenoxy) is 2. The fourth-order valence-electron chi connectivity index (χ4n) is 2.28. The molecule has 2 rings (SSSR count).